The number of benzene rings is 3. The Morgan fingerprint density at radius 2 is 1.74 bits per heavy atom. The summed E-state index contributed by atoms with van der Waals surface area (Å²) >= 11 is 6.17. The van der Waals surface area contributed by atoms with Gasteiger partial charge in [0.25, 0.3) is 0 Å². The molecule has 0 unspecified atom stereocenters. The predicted molar refractivity (Wildman–Crippen MR) is 164 cm³/mol. The van der Waals surface area contributed by atoms with Gasteiger partial charge in [0.1, 0.15) is 12.4 Å². The largest absolute Gasteiger partial charge is 0.490 e. The number of hydrogen-bond acceptors (Lipinski definition) is 6. The Bertz CT molecular complexity index is 1400. The highest BCUT2D eigenvalue weighted by molar-refractivity contribution is 6.30. The molecule has 0 bridgehead atoms. The van der Waals surface area contributed by atoms with Gasteiger partial charge in [0.2, 0.25) is 5.91 Å². The molecule has 4 rings (SSSR count). The zero-order valence-electron chi connectivity index (χ0n) is 23.6. The molecule has 1 saturated heterocycles. The Balaban J connectivity index is 1.32. The molecule has 0 radical (unpaired) electrons. The minimum atomic E-state index is -1.21. The van der Waals surface area contributed by atoms with E-state index in [1.54, 1.807) is 12.1 Å². The van der Waals surface area contributed by atoms with Crippen LogP contribution in [0.4, 0.5) is 10.5 Å². The SMILES string of the molecule is CC(=O)Nc1cc(C#CCCN(N)C(=O)O)ccc1OCCN1CCN([C@H](c2ccccc2)c2ccc(Cl)cc2)CC1. The van der Waals surface area contributed by atoms with Crippen molar-refractivity contribution in [3.05, 3.63) is 94.5 Å². The number of hydrazine groups is 1. The quantitative estimate of drug-likeness (QED) is 0.136. The topological polar surface area (TPSA) is 111 Å². The van der Waals surface area contributed by atoms with Crippen molar-refractivity contribution in [3.63, 3.8) is 0 Å². The molecule has 1 aliphatic heterocycles. The molecule has 1 heterocycles. The molecular formula is C32H36ClN5O4. The molecule has 3 aromatic rings. The summed E-state index contributed by atoms with van der Waals surface area (Å²) < 4.78 is 6.08. The summed E-state index contributed by atoms with van der Waals surface area (Å²) in [5, 5.41) is 13.1. The van der Waals surface area contributed by atoms with Crippen LogP contribution in [0, 0.1) is 11.8 Å². The van der Waals surface area contributed by atoms with Gasteiger partial charge in [-0.05, 0) is 41.5 Å². The number of hydrogen-bond donors (Lipinski definition) is 3. The second-order valence-corrected chi connectivity index (χ2v) is 10.4. The molecule has 1 fully saturated rings. The summed E-state index contributed by atoms with van der Waals surface area (Å²) in [5.41, 5.74) is 3.70. The average Bonchev–Trinajstić information content (AvgIpc) is 2.98. The van der Waals surface area contributed by atoms with Gasteiger partial charge in [-0.25, -0.2) is 15.6 Å². The number of anilines is 1. The third kappa shape index (κ3) is 8.96. The normalized spacial score (nSPS) is 14.4. The van der Waals surface area contributed by atoms with Gasteiger partial charge in [-0.1, -0.05) is 65.9 Å². The summed E-state index contributed by atoms with van der Waals surface area (Å²) in [5.74, 6) is 11.6. The van der Waals surface area contributed by atoms with Crippen LogP contribution in [0.3, 0.4) is 0 Å². The molecule has 3 aromatic carbocycles. The number of carboxylic acid groups (broad SMARTS) is 1. The van der Waals surface area contributed by atoms with Gasteiger partial charge in [-0.2, -0.15) is 0 Å². The second kappa shape index (κ2) is 15.2. The third-order valence-corrected chi connectivity index (χ3v) is 7.24. The van der Waals surface area contributed by atoms with E-state index in [2.05, 4.69) is 63.4 Å². The fraction of sp³-hybridized carbons (Fsp3) is 0.312. The molecule has 0 aliphatic carbocycles. The first kappa shape index (κ1) is 30.9. The highest BCUT2D eigenvalue weighted by Gasteiger charge is 2.26. The average molecular weight is 590 g/mol. The van der Waals surface area contributed by atoms with Crippen LogP contribution in [0.1, 0.15) is 36.1 Å². The van der Waals surface area contributed by atoms with Crippen LogP contribution in [0.2, 0.25) is 5.02 Å². The van der Waals surface area contributed by atoms with Gasteiger partial charge in [-0.3, -0.25) is 14.6 Å². The first-order valence-corrected chi connectivity index (χ1v) is 14.2. The highest BCUT2D eigenvalue weighted by atomic mass is 35.5. The molecule has 2 amide bonds. The maximum absolute atomic E-state index is 11.8. The highest BCUT2D eigenvalue weighted by Crippen LogP contribution is 2.30. The summed E-state index contributed by atoms with van der Waals surface area (Å²) in [6, 6.07) is 24.2. The van der Waals surface area contributed by atoms with E-state index in [-0.39, 0.29) is 24.9 Å². The van der Waals surface area contributed by atoms with E-state index in [0.29, 0.717) is 28.6 Å². The van der Waals surface area contributed by atoms with E-state index in [1.165, 1.54) is 18.1 Å². The molecule has 9 nitrogen and oxygen atoms in total. The van der Waals surface area contributed by atoms with E-state index in [4.69, 9.17) is 27.3 Å². The van der Waals surface area contributed by atoms with E-state index < -0.39 is 6.09 Å². The fourth-order valence-corrected chi connectivity index (χ4v) is 5.01. The van der Waals surface area contributed by atoms with Crippen LogP contribution in [0.25, 0.3) is 0 Å². The molecule has 4 N–H and O–H groups in total. The Morgan fingerprint density at radius 3 is 2.40 bits per heavy atom. The van der Waals surface area contributed by atoms with Crippen LogP contribution in [-0.2, 0) is 4.79 Å². The first-order chi connectivity index (χ1) is 20.3. The summed E-state index contributed by atoms with van der Waals surface area (Å²) in [7, 11) is 0. The lowest BCUT2D eigenvalue weighted by molar-refractivity contribution is -0.114. The van der Waals surface area contributed by atoms with Crippen molar-refractivity contribution < 1.29 is 19.4 Å². The van der Waals surface area contributed by atoms with Crippen molar-refractivity contribution in [2.45, 2.75) is 19.4 Å². The molecule has 220 valence electrons. The number of carbonyl (C=O) groups is 2. The Kier molecular flexibility index (Phi) is 11.2. The van der Waals surface area contributed by atoms with E-state index in [1.807, 2.05) is 24.3 Å². The molecule has 0 aromatic heterocycles. The Labute approximate surface area is 251 Å². The number of piperazine rings is 1. The van der Waals surface area contributed by atoms with Gasteiger partial charge < -0.3 is 15.2 Å². The summed E-state index contributed by atoms with van der Waals surface area (Å²) in [4.78, 5) is 27.5. The fourth-order valence-electron chi connectivity index (χ4n) is 4.88. The smallest absolute Gasteiger partial charge is 0.421 e. The van der Waals surface area contributed by atoms with Gasteiger partial charge in [0.05, 0.1) is 18.3 Å². The second-order valence-electron chi connectivity index (χ2n) is 10.0. The number of rotatable bonds is 10. The van der Waals surface area contributed by atoms with Gasteiger partial charge >= 0.3 is 6.09 Å². The van der Waals surface area contributed by atoms with Crippen molar-refractivity contribution in [2.75, 3.05) is 51.2 Å². The number of halogens is 1. The van der Waals surface area contributed by atoms with Crippen LogP contribution in [-0.4, -0.2) is 77.8 Å². The lowest BCUT2D eigenvalue weighted by Crippen LogP contribution is -2.48. The minimum absolute atomic E-state index is 0.102. The summed E-state index contributed by atoms with van der Waals surface area (Å²) in [6.07, 6.45) is -0.919. The lowest BCUT2D eigenvalue weighted by atomic mass is 9.96. The zero-order valence-corrected chi connectivity index (χ0v) is 24.4. The van der Waals surface area contributed by atoms with E-state index in [0.717, 1.165) is 37.7 Å². The standard InChI is InChI=1S/C32H36ClN5O4/c1-24(39)35-29-23-25(7-5-6-16-38(34)32(40)41)10-15-30(29)42-22-21-36-17-19-37(20-18-36)31(26-8-3-2-4-9-26)27-11-13-28(33)14-12-27/h2-4,8-15,23,31H,6,16-22,34H2,1H3,(H,35,39)(H,40,41)/t31-/m1/s1. The molecular weight excluding hydrogens is 554 g/mol. The molecule has 0 saturated carbocycles. The van der Waals surface area contributed by atoms with Gasteiger partial charge in [-0.15, -0.1) is 0 Å². The van der Waals surface area contributed by atoms with Crippen molar-refractivity contribution >= 4 is 29.3 Å². The third-order valence-electron chi connectivity index (χ3n) is 6.98. The minimum Gasteiger partial charge on any atom is -0.490 e. The zero-order chi connectivity index (χ0) is 29.9. The van der Waals surface area contributed by atoms with Crippen LogP contribution in [0.5, 0.6) is 5.75 Å². The van der Waals surface area contributed by atoms with E-state index in [9.17, 15) is 9.59 Å². The number of nitrogens with one attached hydrogen (secondary N) is 1. The number of carbonyl (C=O) groups excluding carboxylic acids is 1. The molecule has 0 spiro atoms. The van der Waals surface area contributed by atoms with Gasteiger partial charge in [0, 0.05) is 56.7 Å². The maximum Gasteiger partial charge on any atom is 0.421 e. The van der Waals surface area contributed by atoms with Crippen LogP contribution in [0.15, 0.2) is 72.8 Å². The molecule has 1 aliphatic rings. The van der Waals surface area contributed by atoms with Crippen LogP contribution >= 0.6 is 11.6 Å². The Hall–Kier alpha value is -4.07. The van der Waals surface area contributed by atoms with Crippen molar-refractivity contribution in [1.82, 2.24) is 14.8 Å². The lowest BCUT2D eigenvalue weighted by Gasteiger charge is -2.39. The van der Waals surface area contributed by atoms with Crippen molar-refractivity contribution in [1.29, 1.82) is 0 Å². The number of nitrogens with zero attached hydrogens (tertiary/aromatic N) is 3. The van der Waals surface area contributed by atoms with Crippen LogP contribution < -0.4 is 15.9 Å². The van der Waals surface area contributed by atoms with Gasteiger partial charge in [0.15, 0.2) is 0 Å². The Morgan fingerprint density at radius 1 is 1.05 bits per heavy atom. The van der Waals surface area contributed by atoms with Crippen molar-refractivity contribution in [3.8, 4) is 17.6 Å². The van der Waals surface area contributed by atoms with E-state index >= 15 is 0 Å². The molecule has 42 heavy (non-hydrogen) atoms. The molecule has 10 heteroatoms. The first-order valence-electron chi connectivity index (χ1n) is 13.9. The predicted octanol–water partition coefficient (Wildman–Crippen LogP) is 4.68. The van der Waals surface area contributed by atoms with Crippen molar-refractivity contribution in [2.24, 2.45) is 5.84 Å². The maximum atomic E-state index is 11.8. The number of ether oxygens (including phenoxy) is 1. The number of nitrogens with two attached hydrogens (primary N) is 1. The summed E-state index contributed by atoms with van der Waals surface area (Å²) in [6.45, 7) is 6.43. The number of amides is 2. The monoisotopic (exact) mass is 589 g/mol. The molecule has 1 atom stereocenters.